The Hall–Kier alpha value is -2.76. The van der Waals surface area contributed by atoms with E-state index < -0.39 is 4.92 Å². The van der Waals surface area contributed by atoms with Gasteiger partial charge >= 0.3 is 0 Å². The summed E-state index contributed by atoms with van der Waals surface area (Å²) in [6, 6.07) is 8.52. The van der Waals surface area contributed by atoms with Gasteiger partial charge in [0, 0.05) is 23.7 Å². The van der Waals surface area contributed by atoms with Crippen LogP contribution in [0.25, 0.3) is 17.0 Å². The number of hydrogen-bond acceptors (Lipinski definition) is 4. The monoisotopic (exact) mass is 268 g/mol. The van der Waals surface area contributed by atoms with Crippen molar-refractivity contribution in [1.82, 2.24) is 14.4 Å². The van der Waals surface area contributed by atoms with Crippen molar-refractivity contribution < 1.29 is 4.92 Å². The van der Waals surface area contributed by atoms with E-state index in [1.165, 1.54) is 6.07 Å². The Morgan fingerprint density at radius 1 is 1.20 bits per heavy atom. The number of nitrogens with zero attached hydrogens (tertiary/aromatic N) is 4. The molecule has 0 aliphatic carbocycles. The zero-order chi connectivity index (χ0) is 14.3. The molecule has 0 atom stereocenters. The normalized spacial score (nSPS) is 10.9. The van der Waals surface area contributed by atoms with Crippen LogP contribution in [-0.2, 0) is 0 Å². The lowest BCUT2D eigenvalue weighted by Crippen LogP contribution is -1.94. The van der Waals surface area contributed by atoms with E-state index in [-0.39, 0.29) is 5.69 Å². The molecular formula is C14H12N4O2. The van der Waals surface area contributed by atoms with Gasteiger partial charge in [-0.05, 0) is 26.0 Å². The number of benzene rings is 1. The summed E-state index contributed by atoms with van der Waals surface area (Å²) in [5, 5.41) is 11.1. The smallest absolute Gasteiger partial charge is 0.278 e. The molecule has 3 aromatic rings. The van der Waals surface area contributed by atoms with Gasteiger partial charge in [0.25, 0.3) is 5.69 Å². The average molecular weight is 268 g/mol. The first-order chi connectivity index (χ1) is 9.56. The standard InChI is InChI=1S/C14H12N4O2/c1-9-7-10(2)17-8-12(16-14(17)15-9)11-5-3-4-6-13(11)18(19)20/h3-8H,1-2H3. The van der Waals surface area contributed by atoms with E-state index in [1.807, 2.05) is 24.3 Å². The molecule has 0 bridgehead atoms. The third-order valence-electron chi connectivity index (χ3n) is 3.14. The van der Waals surface area contributed by atoms with Crippen molar-refractivity contribution in [2.24, 2.45) is 0 Å². The SMILES string of the molecule is Cc1cc(C)n2cc(-c3ccccc3[N+](=O)[O-])nc2n1. The summed E-state index contributed by atoms with van der Waals surface area (Å²) in [4.78, 5) is 19.4. The molecule has 0 N–H and O–H groups in total. The van der Waals surface area contributed by atoms with Crippen LogP contribution in [0.15, 0.2) is 36.5 Å². The number of imidazole rings is 1. The molecule has 0 saturated carbocycles. The van der Waals surface area contributed by atoms with Crippen molar-refractivity contribution in [3.05, 3.63) is 58.0 Å². The number of aryl methyl sites for hydroxylation is 2. The summed E-state index contributed by atoms with van der Waals surface area (Å²) in [7, 11) is 0. The van der Waals surface area contributed by atoms with Gasteiger partial charge in [-0.2, -0.15) is 0 Å². The zero-order valence-corrected chi connectivity index (χ0v) is 11.1. The van der Waals surface area contributed by atoms with E-state index in [1.54, 1.807) is 24.4 Å². The lowest BCUT2D eigenvalue weighted by atomic mass is 10.1. The van der Waals surface area contributed by atoms with Crippen molar-refractivity contribution in [3.8, 4) is 11.3 Å². The van der Waals surface area contributed by atoms with E-state index in [9.17, 15) is 10.1 Å². The number of rotatable bonds is 2. The molecule has 0 radical (unpaired) electrons. The maximum Gasteiger partial charge on any atom is 0.278 e. The first kappa shape index (κ1) is 12.3. The van der Waals surface area contributed by atoms with Crippen LogP contribution in [0.2, 0.25) is 0 Å². The Morgan fingerprint density at radius 3 is 2.70 bits per heavy atom. The van der Waals surface area contributed by atoms with Crippen molar-refractivity contribution >= 4 is 11.5 Å². The van der Waals surface area contributed by atoms with Crippen LogP contribution in [0.5, 0.6) is 0 Å². The van der Waals surface area contributed by atoms with E-state index in [0.29, 0.717) is 17.0 Å². The lowest BCUT2D eigenvalue weighted by molar-refractivity contribution is -0.384. The summed E-state index contributed by atoms with van der Waals surface area (Å²) in [6.07, 6.45) is 1.78. The maximum absolute atomic E-state index is 11.1. The van der Waals surface area contributed by atoms with Gasteiger partial charge < -0.3 is 0 Å². The third-order valence-corrected chi connectivity index (χ3v) is 3.14. The Bertz CT molecular complexity index is 823. The fourth-order valence-corrected chi connectivity index (χ4v) is 2.25. The Balaban J connectivity index is 2.26. The predicted octanol–water partition coefficient (Wildman–Crippen LogP) is 2.92. The van der Waals surface area contributed by atoms with Crippen LogP contribution in [-0.4, -0.2) is 19.3 Å². The van der Waals surface area contributed by atoms with Crippen molar-refractivity contribution in [1.29, 1.82) is 0 Å². The molecule has 0 aliphatic rings. The number of para-hydroxylation sites is 1. The predicted molar refractivity (Wildman–Crippen MR) is 74.6 cm³/mol. The highest BCUT2D eigenvalue weighted by atomic mass is 16.6. The van der Waals surface area contributed by atoms with Crippen LogP contribution < -0.4 is 0 Å². The van der Waals surface area contributed by atoms with Crippen molar-refractivity contribution in [2.45, 2.75) is 13.8 Å². The summed E-state index contributed by atoms with van der Waals surface area (Å²) in [6.45, 7) is 3.85. The molecule has 3 rings (SSSR count). The molecule has 6 nitrogen and oxygen atoms in total. The van der Waals surface area contributed by atoms with Gasteiger partial charge in [0.15, 0.2) is 0 Å². The Labute approximate surface area is 114 Å². The van der Waals surface area contributed by atoms with E-state index in [0.717, 1.165) is 11.4 Å². The Morgan fingerprint density at radius 2 is 1.95 bits per heavy atom. The number of aromatic nitrogens is 3. The van der Waals surface area contributed by atoms with Gasteiger partial charge in [-0.1, -0.05) is 12.1 Å². The number of fused-ring (bicyclic) bond motifs is 1. The molecule has 1 aromatic carbocycles. The van der Waals surface area contributed by atoms with Gasteiger partial charge in [0.05, 0.1) is 16.2 Å². The van der Waals surface area contributed by atoms with Gasteiger partial charge in [-0.15, -0.1) is 0 Å². The largest absolute Gasteiger partial charge is 0.288 e. The minimum Gasteiger partial charge on any atom is -0.288 e. The zero-order valence-electron chi connectivity index (χ0n) is 11.1. The van der Waals surface area contributed by atoms with Gasteiger partial charge in [0.2, 0.25) is 5.78 Å². The molecular weight excluding hydrogens is 256 g/mol. The molecule has 20 heavy (non-hydrogen) atoms. The molecule has 0 saturated heterocycles. The topological polar surface area (TPSA) is 73.3 Å². The second-order valence-electron chi connectivity index (χ2n) is 4.61. The van der Waals surface area contributed by atoms with Crippen LogP contribution in [0.3, 0.4) is 0 Å². The van der Waals surface area contributed by atoms with Crippen LogP contribution in [0, 0.1) is 24.0 Å². The van der Waals surface area contributed by atoms with E-state index in [2.05, 4.69) is 9.97 Å². The van der Waals surface area contributed by atoms with Crippen LogP contribution in [0.1, 0.15) is 11.4 Å². The van der Waals surface area contributed by atoms with Crippen molar-refractivity contribution in [3.63, 3.8) is 0 Å². The highest BCUT2D eigenvalue weighted by Crippen LogP contribution is 2.28. The lowest BCUT2D eigenvalue weighted by Gasteiger charge is -1.99. The summed E-state index contributed by atoms with van der Waals surface area (Å²) in [5.74, 6) is 0.552. The molecule has 0 aliphatic heterocycles. The fourth-order valence-electron chi connectivity index (χ4n) is 2.25. The first-order valence-electron chi connectivity index (χ1n) is 6.13. The van der Waals surface area contributed by atoms with E-state index in [4.69, 9.17) is 0 Å². The molecule has 100 valence electrons. The molecule has 2 aromatic heterocycles. The molecule has 0 unspecified atom stereocenters. The minimum atomic E-state index is -0.398. The highest BCUT2D eigenvalue weighted by molar-refractivity contribution is 5.71. The quantitative estimate of drug-likeness (QED) is 0.529. The van der Waals surface area contributed by atoms with Gasteiger partial charge in [0.1, 0.15) is 0 Å². The second kappa shape index (κ2) is 4.41. The van der Waals surface area contributed by atoms with Crippen molar-refractivity contribution in [2.75, 3.05) is 0 Å². The maximum atomic E-state index is 11.1. The second-order valence-corrected chi connectivity index (χ2v) is 4.61. The van der Waals surface area contributed by atoms with Gasteiger partial charge in [-0.3, -0.25) is 14.5 Å². The highest BCUT2D eigenvalue weighted by Gasteiger charge is 2.17. The molecule has 6 heteroatoms. The van der Waals surface area contributed by atoms with E-state index >= 15 is 0 Å². The van der Waals surface area contributed by atoms with Crippen LogP contribution >= 0.6 is 0 Å². The average Bonchev–Trinajstić information content (AvgIpc) is 2.82. The third kappa shape index (κ3) is 1.91. The molecule has 0 spiro atoms. The fraction of sp³-hybridized carbons (Fsp3) is 0.143. The number of nitro groups is 1. The minimum absolute atomic E-state index is 0.0466. The number of nitro benzene ring substituents is 1. The van der Waals surface area contributed by atoms with Gasteiger partial charge in [-0.25, -0.2) is 9.97 Å². The molecule has 0 fully saturated rings. The molecule has 0 amide bonds. The summed E-state index contributed by atoms with van der Waals surface area (Å²) < 4.78 is 1.83. The van der Waals surface area contributed by atoms with Crippen LogP contribution in [0.4, 0.5) is 5.69 Å². The Kier molecular flexibility index (Phi) is 2.71. The first-order valence-corrected chi connectivity index (χ1v) is 6.13. The summed E-state index contributed by atoms with van der Waals surface area (Å²) >= 11 is 0. The summed E-state index contributed by atoms with van der Waals surface area (Å²) in [5.41, 5.74) is 2.96. The molecule has 2 heterocycles. The number of hydrogen-bond donors (Lipinski definition) is 0.